The van der Waals surface area contributed by atoms with Gasteiger partial charge in [0.1, 0.15) is 11.2 Å². The Morgan fingerprint density at radius 3 is 2.65 bits per heavy atom. The summed E-state index contributed by atoms with van der Waals surface area (Å²) in [5, 5.41) is 0. The monoisotopic (exact) mass is 231 g/mol. The largest absolute Gasteiger partial charge is 0.312 e. The molecule has 3 nitrogen and oxygen atoms in total. The second-order valence-corrected chi connectivity index (χ2v) is 4.74. The van der Waals surface area contributed by atoms with Crippen LogP contribution in [0.5, 0.6) is 0 Å². The van der Waals surface area contributed by atoms with Gasteiger partial charge in [0.05, 0.1) is 0 Å². The predicted octanol–water partition coefficient (Wildman–Crippen LogP) is 2.19. The van der Waals surface area contributed by atoms with Gasteiger partial charge in [-0.2, -0.15) is 0 Å². The highest BCUT2D eigenvalue weighted by molar-refractivity contribution is 6.13. The maximum Gasteiger partial charge on any atom is 0.240 e. The smallest absolute Gasteiger partial charge is 0.240 e. The van der Waals surface area contributed by atoms with Crippen LogP contribution < -0.4 is 4.90 Å². The van der Waals surface area contributed by atoms with Crippen molar-refractivity contribution in [1.29, 1.82) is 0 Å². The average Bonchev–Trinajstić information content (AvgIpc) is 2.30. The van der Waals surface area contributed by atoms with Gasteiger partial charge in [-0.15, -0.1) is 0 Å². The maximum absolute atomic E-state index is 12.4. The van der Waals surface area contributed by atoms with Crippen LogP contribution in [-0.4, -0.2) is 18.2 Å². The summed E-state index contributed by atoms with van der Waals surface area (Å²) in [6, 6.07) is 7.80. The molecule has 3 heteroatoms. The molecule has 0 aliphatic carbocycles. The normalized spacial score (nSPS) is 23.5. The number of hydrogen-bond donors (Lipinski definition) is 0. The number of benzene rings is 1. The van der Waals surface area contributed by atoms with Crippen molar-refractivity contribution in [3.8, 4) is 0 Å². The molecule has 90 valence electrons. The fourth-order valence-electron chi connectivity index (χ4n) is 2.38. The van der Waals surface area contributed by atoms with E-state index in [2.05, 4.69) is 0 Å². The first-order chi connectivity index (χ1) is 8.00. The van der Waals surface area contributed by atoms with Crippen LogP contribution in [0.15, 0.2) is 24.3 Å². The highest BCUT2D eigenvalue weighted by Crippen LogP contribution is 2.37. The van der Waals surface area contributed by atoms with Gasteiger partial charge in [-0.3, -0.25) is 9.59 Å². The molecule has 0 spiro atoms. The van der Waals surface area contributed by atoms with E-state index in [-0.39, 0.29) is 11.7 Å². The van der Waals surface area contributed by atoms with E-state index >= 15 is 0 Å². The number of fused-ring (bicyclic) bond motifs is 1. The molecular formula is C14H17NO2. The number of para-hydroxylation sites is 1. The predicted molar refractivity (Wildman–Crippen MR) is 67.0 cm³/mol. The van der Waals surface area contributed by atoms with Crippen LogP contribution in [0.2, 0.25) is 0 Å². The number of hydrogen-bond acceptors (Lipinski definition) is 2. The van der Waals surface area contributed by atoms with Gasteiger partial charge in [0, 0.05) is 12.2 Å². The van der Waals surface area contributed by atoms with Gasteiger partial charge in [0.25, 0.3) is 0 Å². The van der Waals surface area contributed by atoms with Gasteiger partial charge in [0.2, 0.25) is 5.91 Å². The summed E-state index contributed by atoms with van der Waals surface area (Å²) >= 11 is 0. The molecule has 1 atom stereocenters. The fraction of sp³-hybridized carbons (Fsp3) is 0.429. The van der Waals surface area contributed by atoms with Crippen LogP contribution in [0.1, 0.15) is 26.3 Å². The third-order valence-corrected chi connectivity index (χ3v) is 3.64. The Kier molecular flexibility index (Phi) is 2.77. The molecule has 1 heterocycles. The molecule has 0 saturated carbocycles. The molecule has 1 amide bonds. The first-order valence-corrected chi connectivity index (χ1v) is 5.91. The SMILES string of the molecule is CCN1C(=O)C(C)(C(C)=O)Cc2ccccc21. The van der Waals surface area contributed by atoms with Gasteiger partial charge < -0.3 is 4.90 Å². The summed E-state index contributed by atoms with van der Waals surface area (Å²) in [5.41, 5.74) is 1.12. The maximum atomic E-state index is 12.4. The molecule has 1 unspecified atom stereocenters. The van der Waals surface area contributed by atoms with Crippen molar-refractivity contribution in [2.75, 3.05) is 11.4 Å². The Labute approximate surface area is 101 Å². The van der Waals surface area contributed by atoms with Gasteiger partial charge >= 0.3 is 0 Å². The molecule has 17 heavy (non-hydrogen) atoms. The van der Waals surface area contributed by atoms with Crippen LogP contribution >= 0.6 is 0 Å². The zero-order valence-corrected chi connectivity index (χ0v) is 10.5. The lowest BCUT2D eigenvalue weighted by molar-refractivity contribution is -0.138. The number of carbonyl (C=O) groups is 2. The van der Waals surface area contributed by atoms with Crippen molar-refractivity contribution in [1.82, 2.24) is 0 Å². The van der Waals surface area contributed by atoms with E-state index in [1.54, 1.807) is 11.8 Å². The Morgan fingerprint density at radius 2 is 2.06 bits per heavy atom. The number of nitrogens with zero attached hydrogens (tertiary/aromatic N) is 1. The van der Waals surface area contributed by atoms with E-state index in [0.29, 0.717) is 13.0 Å². The number of rotatable bonds is 2. The fourth-order valence-corrected chi connectivity index (χ4v) is 2.38. The highest BCUT2D eigenvalue weighted by Gasteiger charge is 2.45. The Balaban J connectivity index is 2.57. The molecule has 2 rings (SSSR count). The van der Waals surface area contributed by atoms with E-state index < -0.39 is 5.41 Å². The van der Waals surface area contributed by atoms with Gasteiger partial charge in [-0.05, 0) is 38.8 Å². The minimum Gasteiger partial charge on any atom is -0.312 e. The highest BCUT2D eigenvalue weighted by atomic mass is 16.2. The van der Waals surface area contributed by atoms with Crippen molar-refractivity contribution < 1.29 is 9.59 Å². The van der Waals surface area contributed by atoms with Crippen LogP contribution in [-0.2, 0) is 16.0 Å². The summed E-state index contributed by atoms with van der Waals surface area (Å²) in [7, 11) is 0. The Hall–Kier alpha value is -1.64. The van der Waals surface area contributed by atoms with Crippen molar-refractivity contribution >= 4 is 17.4 Å². The summed E-state index contributed by atoms with van der Waals surface area (Å²) in [4.78, 5) is 25.9. The molecular weight excluding hydrogens is 214 g/mol. The molecule has 0 radical (unpaired) electrons. The average molecular weight is 231 g/mol. The first kappa shape index (κ1) is 11.8. The van der Waals surface area contributed by atoms with E-state index in [9.17, 15) is 9.59 Å². The molecule has 1 aliphatic rings. The van der Waals surface area contributed by atoms with Crippen molar-refractivity contribution in [2.45, 2.75) is 27.2 Å². The van der Waals surface area contributed by atoms with E-state index in [0.717, 1.165) is 11.3 Å². The number of ketones is 1. The van der Waals surface area contributed by atoms with E-state index in [4.69, 9.17) is 0 Å². The van der Waals surface area contributed by atoms with Crippen LogP contribution in [0.3, 0.4) is 0 Å². The third-order valence-electron chi connectivity index (χ3n) is 3.64. The summed E-state index contributed by atoms with van der Waals surface area (Å²) in [6.45, 7) is 5.77. The summed E-state index contributed by atoms with van der Waals surface area (Å²) in [6.07, 6.45) is 0.508. The topological polar surface area (TPSA) is 37.4 Å². The summed E-state index contributed by atoms with van der Waals surface area (Å²) in [5.74, 6) is -0.137. The number of anilines is 1. The standard InChI is InChI=1S/C14H17NO2/c1-4-15-12-8-6-5-7-11(12)9-14(3,10(2)16)13(15)17/h5-8H,4,9H2,1-3H3. The lowest BCUT2D eigenvalue weighted by Gasteiger charge is -2.38. The van der Waals surface area contributed by atoms with Gasteiger partial charge in [0.15, 0.2) is 0 Å². The van der Waals surface area contributed by atoms with Crippen LogP contribution in [0.25, 0.3) is 0 Å². The zero-order chi connectivity index (χ0) is 12.6. The number of Topliss-reactive ketones (excluding diaryl/α,β-unsaturated/α-hetero) is 1. The van der Waals surface area contributed by atoms with Crippen molar-refractivity contribution in [3.05, 3.63) is 29.8 Å². The van der Waals surface area contributed by atoms with Gasteiger partial charge in [-0.1, -0.05) is 18.2 Å². The molecule has 0 fully saturated rings. The minimum atomic E-state index is -0.898. The molecule has 0 bridgehead atoms. The molecule has 1 aromatic carbocycles. The van der Waals surface area contributed by atoms with E-state index in [1.165, 1.54) is 6.92 Å². The molecule has 0 saturated heterocycles. The molecule has 1 aromatic rings. The lowest BCUT2D eigenvalue weighted by atomic mass is 9.75. The van der Waals surface area contributed by atoms with Gasteiger partial charge in [-0.25, -0.2) is 0 Å². The Morgan fingerprint density at radius 1 is 1.41 bits per heavy atom. The first-order valence-electron chi connectivity index (χ1n) is 5.91. The van der Waals surface area contributed by atoms with Crippen molar-refractivity contribution in [3.63, 3.8) is 0 Å². The molecule has 1 aliphatic heterocycles. The second-order valence-electron chi connectivity index (χ2n) is 4.74. The Bertz CT molecular complexity index is 481. The minimum absolute atomic E-state index is 0.0598. The molecule has 0 aromatic heterocycles. The lowest BCUT2D eigenvalue weighted by Crippen LogP contribution is -2.51. The number of carbonyl (C=O) groups excluding carboxylic acids is 2. The molecule has 0 N–H and O–H groups in total. The van der Waals surface area contributed by atoms with E-state index in [1.807, 2.05) is 31.2 Å². The summed E-state index contributed by atoms with van der Waals surface area (Å²) < 4.78 is 0. The van der Waals surface area contributed by atoms with Crippen LogP contribution in [0.4, 0.5) is 5.69 Å². The quantitative estimate of drug-likeness (QED) is 0.732. The zero-order valence-electron chi connectivity index (χ0n) is 10.5. The number of amides is 1. The second kappa shape index (κ2) is 3.99. The van der Waals surface area contributed by atoms with Crippen LogP contribution in [0, 0.1) is 5.41 Å². The third kappa shape index (κ3) is 1.66. The van der Waals surface area contributed by atoms with Crippen molar-refractivity contribution in [2.24, 2.45) is 5.41 Å².